The van der Waals surface area contributed by atoms with E-state index in [-0.39, 0.29) is 5.92 Å². The summed E-state index contributed by atoms with van der Waals surface area (Å²) in [5.74, 6) is -0.0939. The van der Waals surface area contributed by atoms with Crippen molar-refractivity contribution in [2.75, 3.05) is 5.32 Å². The Bertz CT molecular complexity index is 1490. The molecule has 6 heteroatoms. The van der Waals surface area contributed by atoms with E-state index in [1.807, 2.05) is 64.4 Å². The maximum Gasteiger partial charge on any atom is 0.412 e. The molecule has 1 amide bonds. The minimum absolute atomic E-state index is 0.0939. The van der Waals surface area contributed by atoms with Crippen molar-refractivity contribution in [2.45, 2.75) is 51.7 Å². The predicted octanol–water partition coefficient (Wildman–Crippen LogP) is 7.93. The largest absolute Gasteiger partial charge is 0.444 e. The Morgan fingerprint density at radius 1 is 0.780 bits per heavy atom. The number of carbonyl (C=O) groups is 1. The second-order valence-electron chi connectivity index (χ2n) is 11.2. The number of carbonyl (C=O) groups excluding carboxylic acids is 1. The highest BCUT2D eigenvalue weighted by Gasteiger charge is 2.41. The fourth-order valence-electron chi connectivity index (χ4n) is 5.49. The van der Waals surface area contributed by atoms with Gasteiger partial charge in [0.15, 0.2) is 0 Å². The van der Waals surface area contributed by atoms with Crippen molar-refractivity contribution < 1.29 is 9.53 Å². The van der Waals surface area contributed by atoms with Gasteiger partial charge in [0.2, 0.25) is 0 Å². The normalized spacial score (nSPS) is 12.5. The van der Waals surface area contributed by atoms with Crippen LogP contribution in [-0.2, 0) is 10.3 Å². The van der Waals surface area contributed by atoms with Gasteiger partial charge in [0, 0.05) is 11.6 Å². The summed E-state index contributed by atoms with van der Waals surface area (Å²) in [5, 5.41) is 2.77. The molecule has 0 radical (unpaired) electrons. The van der Waals surface area contributed by atoms with E-state index in [9.17, 15) is 4.79 Å². The molecule has 1 unspecified atom stereocenters. The number of ether oxygens (including phenoxy) is 1. The zero-order chi connectivity index (χ0) is 29.0. The highest BCUT2D eigenvalue weighted by molar-refractivity contribution is 5.84. The van der Waals surface area contributed by atoms with Crippen molar-refractivity contribution >= 4 is 11.8 Å². The third kappa shape index (κ3) is 5.64. The van der Waals surface area contributed by atoms with Crippen molar-refractivity contribution in [3.8, 4) is 0 Å². The molecule has 2 heterocycles. The lowest BCUT2D eigenvalue weighted by molar-refractivity contribution is 0.0636. The van der Waals surface area contributed by atoms with Crippen molar-refractivity contribution in [2.24, 2.45) is 0 Å². The Kier molecular flexibility index (Phi) is 7.75. The number of nitrogens with zero attached hydrogens (tertiary/aromatic N) is 3. The van der Waals surface area contributed by atoms with Crippen LogP contribution in [0.4, 0.5) is 10.5 Å². The summed E-state index contributed by atoms with van der Waals surface area (Å²) in [4.78, 5) is 21.9. The molecule has 0 aliphatic rings. The molecule has 0 aliphatic heterocycles. The molecule has 0 spiro atoms. The van der Waals surface area contributed by atoms with Gasteiger partial charge < -0.3 is 9.30 Å². The number of amides is 1. The van der Waals surface area contributed by atoms with Crippen molar-refractivity contribution in [1.82, 2.24) is 14.5 Å². The van der Waals surface area contributed by atoms with E-state index in [2.05, 4.69) is 89.6 Å². The standard InChI is InChI=1S/C35H36N4O2/c1-25(31-22-21-30(23-36-31)38-33(40)41-34(3,4)5)32-26(2)37-24-39(32)35(27-15-9-6-10-16-27,28-17-11-7-12-18-28)29-19-13-8-14-20-29/h6-25H,1-5H3,(H,38,40). The maximum atomic E-state index is 12.3. The van der Waals surface area contributed by atoms with E-state index < -0.39 is 17.2 Å². The summed E-state index contributed by atoms with van der Waals surface area (Å²) < 4.78 is 7.69. The fourth-order valence-corrected chi connectivity index (χ4v) is 5.49. The summed E-state index contributed by atoms with van der Waals surface area (Å²) in [6.45, 7) is 9.70. The van der Waals surface area contributed by atoms with E-state index in [0.29, 0.717) is 5.69 Å². The van der Waals surface area contributed by atoms with Gasteiger partial charge in [-0.1, -0.05) is 97.9 Å². The predicted molar refractivity (Wildman–Crippen MR) is 163 cm³/mol. The molecular weight excluding hydrogens is 508 g/mol. The summed E-state index contributed by atoms with van der Waals surface area (Å²) in [5.41, 5.74) is 5.58. The first-order valence-electron chi connectivity index (χ1n) is 13.9. The summed E-state index contributed by atoms with van der Waals surface area (Å²) >= 11 is 0. The molecule has 41 heavy (non-hydrogen) atoms. The lowest BCUT2D eigenvalue weighted by atomic mass is 9.76. The minimum atomic E-state index is -0.674. The van der Waals surface area contributed by atoms with Gasteiger partial charge in [-0.15, -0.1) is 0 Å². The number of nitrogens with one attached hydrogen (secondary N) is 1. The zero-order valence-corrected chi connectivity index (χ0v) is 24.2. The quantitative estimate of drug-likeness (QED) is 0.211. The second-order valence-corrected chi connectivity index (χ2v) is 11.2. The van der Waals surface area contributed by atoms with Crippen LogP contribution in [0.15, 0.2) is 116 Å². The van der Waals surface area contributed by atoms with Gasteiger partial charge in [0.1, 0.15) is 11.1 Å². The summed E-state index contributed by atoms with van der Waals surface area (Å²) in [6, 6.07) is 35.5. The maximum absolute atomic E-state index is 12.3. The van der Waals surface area contributed by atoms with Crippen LogP contribution in [0.5, 0.6) is 0 Å². The van der Waals surface area contributed by atoms with E-state index in [1.165, 1.54) is 0 Å². The smallest absolute Gasteiger partial charge is 0.412 e. The molecule has 0 fully saturated rings. The number of hydrogen-bond donors (Lipinski definition) is 1. The average Bonchev–Trinajstić information content (AvgIpc) is 3.35. The van der Waals surface area contributed by atoms with Crippen LogP contribution in [0.3, 0.4) is 0 Å². The van der Waals surface area contributed by atoms with Crippen LogP contribution in [0.2, 0.25) is 0 Å². The SMILES string of the molecule is Cc1ncn(C(c2ccccc2)(c2ccccc2)c2ccccc2)c1C(C)c1ccc(NC(=O)OC(C)(C)C)cn1. The minimum Gasteiger partial charge on any atom is -0.444 e. The Balaban J connectivity index is 1.63. The van der Waals surface area contributed by atoms with Crippen LogP contribution >= 0.6 is 0 Å². The van der Waals surface area contributed by atoms with Crippen molar-refractivity contribution in [1.29, 1.82) is 0 Å². The molecule has 2 aromatic heterocycles. The number of benzene rings is 3. The Hall–Kier alpha value is -4.71. The number of anilines is 1. The first-order chi connectivity index (χ1) is 19.7. The van der Waals surface area contributed by atoms with Gasteiger partial charge in [-0.2, -0.15) is 0 Å². The lowest BCUT2D eigenvalue weighted by Gasteiger charge is -2.39. The van der Waals surface area contributed by atoms with E-state index in [1.54, 1.807) is 6.20 Å². The summed E-state index contributed by atoms with van der Waals surface area (Å²) in [7, 11) is 0. The Morgan fingerprint density at radius 2 is 1.29 bits per heavy atom. The average molecular weight is 545 g/mol. The number of hydrogen-bond acceptors (Lipinski definition) is 4. The first kappa shape index (κ1) is 27.8. The molecule has 0 saturated heterocycles. The van der Waals surface area contributed by atoms with Gasteiger partial charge >= 0.3 is 6.09 Å². The molecule has 0 aliphatic carbocycles. The zero-order valence-electron chi connectivity index (χ0n) is 24.2. The number of aromatic nitrogens is 3. The van der Waals surface area contributed by atoms with Crippen LogP contribution in [-0.4, -0.2) is 26.2 Å². The fraction of sp³-hybridized carbons (Fsp3) is 0.229. The topological polar surface area (TPSA) is 69.0 Å². The molecule has 1 N–H and O–H groups in total. The third-order valence-corrected chi connectivity index (χ3v) is 7.22. The van der Waals surface area contributed by atoms with E-state index >= 15 is 0 Å². The molecule has 5 aromatic rings. The number of imidazole rings is 1. The van der Waals surface area contributed by atoms with E-state index in [0.717, 1.165) is 33.8 Å². The molecule has 5 rings (SSSR count). The lowest BCUT2D eigenvalue weighted by Crippen LogP contribution is -2.39. The number of pyridine rings is 1. The van der Waals surface area contributed by atoms with Crippen LogP contribution in [0, 0.1) is 6.92 Å². The van der Waals surface area contributed by atoms with Gasteiger partial charge in [-0.05, 0) is 56.5 Å². The Morgan fingerprint density at radius 3 is 1.73 bits per heavy atom. The van der Waals surface area contributed by atoms with Crippen molar-refractivity contribution in [3.63, 3.8) is 0 Å². The number of aryl methyl sites for hydroxylation is 1. The van der Waals surface area contributed by atoms with Gasteiger partial charge in [0.25, 0.3) is 0 Å². The van der Waals surface area contributed by atoms with E-state index in [4.69, 9.17) is 14.7 Å². The Labute approximate surface area is 242 Å². The molecule has 1 atom stereocenters. The number of rotatable bonds is 7. The molecule has 6 nitrogen and oxygen atoms in total. The van der Waals surface area contributed by atoms with Crippen molar-refractivity contribution in [3.05, 3.63) is 149 Å². The molecular formula is C35H36N4O2. The van der Waals surface area contributed by atoms with Crippen LogP contribution in [0.25, 0.3) is 0 Å². The third-order valence-electron chi connectivity index (χ3n) is 7.22. The summed E-state index contributed by atoms with van der Waals surface area (Å²) in [6.07, 6.45) is 3.12. The molecule has 0 bridgehead atoms. The highest BCUT2D eigenvalue weighted by atomic mass is 16.6. The molecule has 3 aromatic carbocycles. The first-order valence-corrected chi connectivity index (χ1v) is 13.9. The van der Waals surface area contributed by atoms with Gasteiger partial charge in [0.05, 0.1) is 29.6 Å². The molecule has 208 valence electrons. The monoisotopic (exact) mass is 544 g/mol. The molecule has 0 saturated carbocycles. The highest BCUT2D eigenvalue weighted by Crippen LogP contribution is 2.43. The van der Waals surface area contributed by atoms with Crippen LogP contribution < -0.4 is 5.32 Å². The second kappa shape index (κ2) is 11.4. The van der Waals surface area contributed by atoms with Crippen LogP contribution in [0.1, 0.15) is 67.4 Å². The van der Waals surface area contributed by atoms with Gasteiger partial charge in [-0.3, -0.25) is 10.3 Å². The van der Waals surface area contributed by atoms with Gasteiger partial charge in [-0.25, -0.2) is 9.78 Å².